The van der Waals surface area contributed by atoms with Gasteiger partial charge < -0.3 is 5.11 Å². The summed E-state index contributed by atoms with van der Waals surface area (Å²) in [6, 6.07) is 4.78. The Hall–Kier alpha value is -0.650. The highest BCUT2D eigenvalue weighted by atomic mass is 79.9. The average molecular weight is 246 g/mol. The zero-order valence-electron chi connectivity index (χ0n) is 6.14. The van der Waals surface area contributed by atoms with E-state index in [1.54, 1.807) is 12.1 Å². The number of phenols is 1. The lowest BCUT2D eigenvalue weighted by Crippen LogP contribution is -1.76. The lowest BCUT2D eigenvalue weighted by Gasteiger charge is -1.95. The first-order valence-corrected chi connectivity index (χ1v) is 4.77. The molecule has 0 atom stereocenters. The zero-order chi connectivity index (χ0) is 8.97. The molecule has 0 spiro atoms. The van der Waals surface area contributed by atoms with Crippen molar-refractivity contribution < 1.29 is 5.11 Å². The molecule has 1 aromatic carbocycles. The third-order valence-electron chi connectivity index (χ3n) is 1.25. The Morgan fingerprint density at radius 2 is 2.25 bits per heavy atom. The topological polar surface area (TPSA) is 20.2 Å². The first-order chi connectivity index (χ1) is 5.74. The summed E-state index contributed by atoms with van der Waals surface area (Å²) < 4.78 is 0. The SMILES string of the molecule is Oc1ccc(Cl)cc1C#CCBr. The first kappa shape index (κ1) is 9.44. The maximum atomic E-state index is 9.29. The molecule has 0 heterocycles. The van der Waals surface area contributed by atoms with Crippen LogP contribution in [-0.2, 0) is 0 Å². The third-order valence-corrected chi connectivity index (χ3v) is 1.76. The van der Waals surface area contributed by atoms with E-state index in [0.717, 1.165) is 0 Å². The molecule has 62 valence electrons. The number of halogens is 2. The van der Waals surface area contributed by atoms with Crippen LogP contribution in [0.4, 0.5) is 0 Å². The molecular formula is C9H6BrClO. The molecule has 0 aromatic heterocycles. The lowest BCUT2D eigenvalue weighted by atomic mass is 10.2. The molecule has 0 aliphatic heterocycles. The summed E-state index contributed by atoms with van der Waals surface area (Å²) in [5, 5.41) is 10.4. The second-order valence-corrected chi connectivity index (χ2v) is 3.09. The van der Waals surface area contributed by atoms with E-state index in [2.05, 4.69) is 27.8 Å². The molecule has 1 nitrogen and oxygen atoms in total. The Bertz CT molecular complexity index is 338. The number of alkyl halides is 1. The van der Waals surface area contributed by atoms with E-state index in [0.29, 0.717) is 15.9 Å². The molecule has 1 rings (SSSR count). The predicted molar refractivity (Wildman–Crippen MR) is 53.8 cm³/mol. The van der Waals surface area contributed by atoms with Gasteiger partial charge in [-0.15, -0.1) is 0 Å². The van der Waals surface area contributed by atoms with E-state index in [9.17, 15) is 5.11 Å². The van der Waals surface area contributed by atoms with Crippen LogP contribution in [-0.4, -0.2) is 10.4 Å². The largest absolute Gasteiger partial charge is 0.507 e. The Morgan fingerprint density at radius 1 is 1.50 bits per heavy atom. The molecule has 0 amide bonds. The van der Waals surface area contributed by atoms with Gasteiger partial charge in [-0.1, -0.05) is 39.4 Å². The van der Waals surface area contributed by atoms with E-state index in [-0.39, 0.29) is 5.75 Å². The minimum absolute atomic E-state index is 0.160. The van der Waals surface area contributed by atoms with Gasteiger partial charge in [-0.3, -0.25) is 0 Å². The molecular weight excluding hydrogens is 239 g/mol. The van der Waals surface area contributed by atoms with Crippen LogP contribution < -0.4 is 0 Å². The lowest BCUT2D eigenvalue weighted by molar-refractivity contribution is 0.473. The van der Waals surface area contributed by atoms with Gasteiger partial charge in [0.1, 0.15) is 5.75 Å². The summed E-state index contributed by atoms with van der Waals surface area (Å²) in [5.74, 6) is 5.71. The highest BCUT2D eigenvalue weighted by Gasteiger charge is 1.96. The smallest absolute Gasteiger partial charge is 0.131 e. The fourth-order valence-corrected chi connectivity index (χ4v) is 1.05. The van der Waals surface area contributed by atoms with Gasteiger partial charge in [0.25, 0.3) is 0 Å². The van der Waals surface area contributed by atoms with Crippen molar-refractivity contribution in [3.05, 3.63) is 28.8 Å². The highest BCUT2D eigenvalue weighted by molar-refractivity contribution is 9.09. The van der Waals surface area contributed by atoms with Crippen LogP contribution >= 0.6 is 27.5 Å². The van der Waals surface area contributed by atoms with Gasteiger partial charge in [0.05, 0.1) is 10.9 Å². The normalized spacial score (nSPS) is 8.83. The molecule has 0 unspecified atom stereocenters. The van der Waals surface area contributed by atoms with Crippen molar-refractivity contribution in [1.82, 2.24) is 0 Å². The Kier molecular flexibility index (Phi) is 3.46. The van der Waals surface area contributed by atoms with Crippen LogP contribution in [0.3, 0.4) is 0 Å². The van der Waals surface area contributed by atoms with Gasteiger partial charge in [0.2, 0.25) is 0 Å². The van der Waals surface area contributed by atoms with Crippen molar-refractivity contribution >= 4 is 27.5 Å². The fraction of sp³-hybridized carbons (Fsp3) is 0.111. The molecule has 0 radical (unpaired) electrons. The van der Waals surface area contributed by atoms with Gasteiger partial charge in [0.15, 0.2) is 0 Å². The van der Waals surface area contributed by atoms with Gasteiger partial charge in [-0.25, -0.2) is 0 Å². The van der Waals surface area contributed by atoms with Crippen molar-refractivity contribution in [3.63, 3.8) is 0 Å². The molecule has 0 aliphatic rings. The molecule has 0 aliphatic carbocycles. The Labute approximate surface area is 84.5 Å². The standard InChI is InChI=1S/C9H6BrClO/c10-5-1-2-7-6-8(11)3-4-9(7)12/h3-4,6,12H,5H2. The summed E-state index contributed by atoms with van der Waals surface area (Å²) in [6.07, 6.45) is 0. The highest BCUT2D eigenvalue weighted by Crippen LogP contribution is 2.20. The number of phenolic OH excluding ortho intramolecular Hbond substituents is 1. The summed E-state index contributed by atoms with van der Waals surface area (Å²) in [5.41, 5.74) is 0.557. The quantitative estimate of drug-likeness (QED) is 0.550. The second kappa shape index (κ2) is 4.39. The number of rotatable bonds is 0. The van der Waals surface area contributed by atoms with E-state index in [1.807, 2.05) is 0 Å². The van der Waals surface area contributed by atoms with E-state index < -0.39 is 0 Å². The number of benzene rings is 1. The number of hydrogen-bond donors (Lipinski definition) is 1. The molecule has 1 aromatic rings. The van der Waals surface area contributed by atoms with Crippen LogP contribution in [0.5, 0.6) is 5.75 Å². The Morgan fingerprint density at radius 3 is 2.92 bits per heavy atom. The van der Waals surface area contributed by atoms with Gasteiger partial charge in [0, 0.05) is 5.02 Å². The second-order valence-electron chi connectivity index (χ2n) is 2.10. The Balaban J connectivity index is 3.05. The van der Waals surface area contributed by atoms with Gasteiger partial charge in [-0.2, -0.15) is 0 Å². The van der Waals surface area contributed by atoms with Crippen LogP contribution in [0, 0.1) is 11.8 Å². The van der Waals surface area contributed by atoms with Gasteiger partial charge in [-0.05, 0) is 18.2 Å². The average Bonchev–Trinajstić information content (AvgIpc) is 2.07. The molecule has 0 fully saturated rings. The predicted octanol–water partition coefficient (Wildman–Crippen LogP) is 2.79. The fourth-order valence-electron chi connectivity index (χ4n) is 0.737. The molecule has 3 heteroatoms. The van der Waals surface area contributed by atoms with Crippen LogP contribution in [0.2, 0.25) is 5.02 Å². The maximum absolute atomic E-state index is 9.29. The van der Waals surface area contributed by atoms with Crippen molar-refractivity contribution in [1.29, 1.82) is 0 Å². The van der Waals surface area contributed by atoms with E-state index in [1.165, 1.54) is 6.07 Å². The molecule has 0 bridgehead atoms. The van der Waals surface area contributed by atoms with Crippen LogP contribution in [0.15, 0.2) is 18.2 Å². The minimum Gasteiger partial charge on any atom is -0.507 e. The first-order valence-electron chi connectivity index (χ1n) is 3.27. The van der Waals surface area contributed by atoms with Crippen LogP contribution in [0.25, 0.3) is 0 Å². The zero-order valence-corrected chi connectivity index (χ0v) is 8.48. The van der Waals surface area contributed by atoms with Crippen molar-refractivity contribution in [3.8, 4) is 17.6 Å². The van der Waals surface area contributed by atoms with Crippen molar-refractivity contribution in [2.75, 3.05) is 5.33 Å². The molecule has 0 saturated carbocycles. The molecule has 1 N–H and O–H groups in total. The number of aromatic hydroxyl groups is 1. The van der Waals surface area contributed by atoms with Crippen molar-refractivity contribution in [2.24, 2.45) is 0 Å². The van der Waals surface area contributed by atoms with E-state index >= 15 is 0 Å². The molecule has 12 heavy (non-hydrogen) atoms. The number of hydrogen-bond acceptors (Lipinski definition) is 1. The maximum Gasteiger partial charge on any atom is 0.131 e. The minimum atomic E-state index is 0.160. The third kappa shape index (κ3) is 2.44. The summed E-state index contributed by atoms with van der Waals surface area (Å²) >= 11 is 8.87. The monoisotopic (exact) mass is 244 g/mol. The summed E-state index contributed by atoms with van der Waals surface area (Å²) in [7, 11) is 0. The van der Waals surface area contributed by atoms with Gasteiger partial charge >= 0.3 is 0 Å². The molecule has 0 saturated heterocycles. The van der Waals surface area contributed by atoms with E-state index in [4.69, 9.17) is 11.6 Å². The summed E-state index contributed by atoms with van der Waals surface area (Å²) in [4.78, 5) is 0. The van der Waals surface area contributed by atoms with Crippen molar-refractivity contribution in [2.45, 2.75) is 0 Å². The van der Waals surface area contributed by atoms with Crippen LogP contribution in [0.1, 0.15) is 5.56 Å². The summed E-state index contributed by atoms with van der Waals surface area (Å²) in [6.45, 7) is 0.